The molecule has 7 heteroatoms. The zero-order chi connectivity index (χ0) is 17.7. The van der Waals surface area contributed by atoms with E-state index in [1.165, 1.54) is 18.2 Å². The molecule has 2 aromatic rings. The quantitative estimate of drug-likeness (QED) is 0.815. The van der Waals surface area contributed by atoms with E-state index in [2.05, 4.69) is 34.4 Å². The Bertz CT molecular complexity index is 737. The number of carbonyl (C=O) groups is 1. The molecule has 0 spiro atoms. The average Bonchev–Trinajstić information content (AvgIpc) is 2.50. The first-order valence-corrected chi connectivity index (χ1v) is 8.09. The van der Waals surface area contributed by atoms with Gasteiger partial charge in [-0.05, 0) is 37.5 Å². The van der Waals surface area contributed by atoms with Crippen LogP contribution in [-0.2, 0) is 0 Å². The van der Waals surface area contributed by atoms with Gasteiger partial charge in [0.1, 0.15) is 23.2 Å². The van der Waals surface area contributed by atoms with Crippen LogP contribution in [0.3, 0.4) is 0 Å². The number of aromatic nitrogens is 2. The smallest absolute Gasteiger partial charge is 0.274 e. The lowest BCUT2D eigenvalue weighted by Crippen LogP contribution is -2.16. The number of benzene rings is 1. The minimum Gasteiger partial charge on any atom is -0.370 e. The molecular formula is C17H20ClFN4O. The summed E-state index contributed by atoms with van der Waals surface area (Å²) in [5.74, 6) is 0.725. The molecule has 1 amide bonds. The third-order valence-corrected chi connectivity index (χ3v) is 3.57. The Balaban J connectivity index is 2.10. The molecule has 1 heterocycles. The van der Waals surface area contributed by atoms with Gasteiger partial charge in [-0.2, -0.15) is 0 Å². The zero-order valence-electron chi connectivity index (χ0n) is 13.9. The molecule has 24 heavy (non-hydrogen) atoms. The fourth-order valence-corrected chi connectivity index (χ4v) is 2.21. The highest BCUT2D eigenvalue weighted by molar-refractivity contribution is 6.31. The van der Waals surface area contributed by atoms with Crippen molar-refractivity contribution in [1.82, 2.24) is 9.97 Å². The van der Waals surface area contributed by atoms with E-state index < -0.39 is 11.7 Å². The van der Waals surface area contributed by atoms with E-state index in [0.29, 0.717) is 23.2 Å². The molecule has 1 aromatic heterocycles. The van der Waals surface area contributed by atoms with E-state index in [-0.39, 0.29) is 10.7 Å². The van der Waals surface area contributed by atoms with Crippen molar-refractivity contribution in [2.75, 3.05) is 17.2 Å². The van der Waals surface area contributed by atoms with Gasteiger partial charge in [-0.3, -0.25) is 4.79 Å². The summed E-state index contributed by atoms with van der Waals surface area (Å²) < 4.78 is 13.2. The monoisotopic (exact) mass is 350 g/mol. The molecule has 0 aliphatic carbocycles. The largest absolute Gasteiger partial charge is 0.370 e. The SMILES string of the molecule is Cc1nc(NCCC(C)C)cc(C(=O)Nc2ccc(F)c(Cl)c2)n1. The van der Waals surface area contributed by atoms with Crippen molar-refractivity contribution in [3.05, 3.63) is 46.6 Å². The second-order valence-corrected chi connectivity index (χ2v) is 6.29. The van der Waals surface area contributed by atoms with E-state index in [0.717, 1.165) is 13.0 Å². The van der Waals surface area contributed by atoms with Crippen molar-refractivity contribution < 1.29 is 9.18 Å². The third-order valence-electron chi connectivity index (χ3n) is 3.28. The van der Waals surface area contributed by atoms with Crippen molar-refractivity contribution in [3.8, 4) is 0 Å². The summed E-state index contributed by atoms with van der Waals surface area (Å²) >= 11 is 5.71. The maximum atomic E-state index is 13.2. The third kappa shape index (κ3) is 5.16. The topological polar surface area (TPSA) is 66.9 Å². The minimum absolute atomic E-state index is 0.0530. The maximum Gasteiger partial charge on any atom is 0.274 e. The summed E-state index contributed by atoms with van der Waals surface area (Å²) in [7, 11) is 0. The number of carbonyl (C=O) groups excluding carboxylic acids is 1. The standard InChI is InChI=1S/C17H20ClFN4O/c1-10(2)6-7-20-16-9-15(21-11(3)22-16)17(24)23-12-4-5-14(19)13(18)8-12/h4-5,8-10H,6-7H2,1-3H3,(H,23,24)(H,20,21,22). The molecule has 0 radical (unpaired) electrons. The number of halogens is 2. The van der Waals surface area contributed by atoms with Crippen molar-refractivity contribution in [3.63, 3.8) is 0 Å². The number of aryl methyl sites for hydroxylation is 1. The van der Waals surface area contributed by atoms with Crippen LogP contribution < -0.4 is 10.6 Å². The summed E-state index contributed by atoms with van der Waals surface area (Å²) in [5.41, 5.74) is 0.631. The van der Waals surface area contributed by atoms with Gasteiger partial charge in [0.15, 0.2) is 0 Å². The molecule has 0 aliphatic heterocycles. The Labute approximate surface area is 145 Å². The van der Waals surface area contributed by atoms with E-state index in [1.807, 2.05) is 0 Å². The van der Waals surface area contributed by atoms with Gasteiger partial charge in [0.2, 0.25) is 0 Å². The summed E-state index contributed by atoms with van der Waals surface area (Å²) in [4.78, 5) is 20.7. The Morgan fingerprint density at radius 3 is 2.71 bits per heavy atom. The van der Waals surface area contributed by atoms with Crippen LogP contribution >= 0.6 is 11.6 Å². The number of hydrogen-bond donors (Lipinski definition) is 2. The number of nitrogens with one attached hydrogen (secondary N) is 2. The molecule has 0 atom stereocenters. The number of anilines is 2. The second kappa shape index (κ2) is 8.06. The number of rotatable bonds is 6. The van der Waals surface area contributed by atoms with Crippen molar-refractivity contribution in [2.45, 2.75) is 27.2 Å². The Morgan fingerprint density at radius 1 is 1.29 bits per heavy atom. The van der Waals surface area contributed by atoms with Crippen molar-refractivity contribution >= 4 is 29.0 Å². The highest BCUT2D eigenvalue weighted by Gasteiger charge is 2.12. The number of hydrogen-bond acceptors (Lipinski definition) is 4. The van der Waals surface area contributed by atoms with Gasteiger partial charge >= 0.3 is 0 Å². The maximum absolute atomic E-state index is 13.2. The molecule has 5 nitrogen and oxygen atoms in total. The zero-order valence-corrected chi connectivity index (χ0v) is 14.6. The van der Waals surface area contributed by atoms with Crippen LogP contribution in [0.4, 0.5) is 15.9 Å². The van der Waals surface area contributed by atoms with E-state index in [4.69, 9.17) is 11.6 Å². The van der Waals surface area contributed by atoms with E-state index >= 15 is 0 Å². The lowest BCUT2D eigenvalue weighted by atomic mass is 10.1. The lowest BCUT2D eigenvalue weighted by Gasteiger charge is -2.10. The molecule has 0 saturated carbocycles. The van der Waals surface area contributed by atoms with Gasteiger partial charge in [0.25, 0.3) is 5.91 Å². The average molecular weight is 351 g/mol. The highest BCUT2D eigenvalue weighted by Crippen LogP contribution is 2.20. The number of nitrogens with zero attached hydrogens (tertiary/aromatic N) is 2. The van der Waals surface area contributed by atoms with Crippen molar-refractivity contribution in [1.29, 1.82) is 0 Å². The Kier molecular flexibility index (Phi) is 6.09. The molecular weight excluding hydrogens is 331 g/mol. The summed E-state index contributed by atoms with van der Waals surface area (Å²) in [6.45, 7) is 6.77. The van der Waals surface area contributed by atoms with Gasteiger partial charge < -0.3 is 10.6 Å². The first-order valence-electron chi connectivity index (χ1n) is 7.71. The van der Waals surface area contributed by atoms with Crippen LogP contribution in [0.25, 0.3) is 0 Å². The molecule has 0 unspecified atom stereocenters. The fraction of sp³-hybridized carbons (Fsp3) is 0.353. The Morgan fingerprint density at radius 2 is 2.04 bits per heavy atom. The second-order valence-electron chi connectivity index (χ2n) is 5.88. The van der Waals surface area contributed by atoms with Crippen LogP contribution in [0.15, 0.2) is 24.3 Å². The predicted octanol–water partition coefficient (Wildman–Crippen LogP) is 4.29. The van der Waals surface area contributed by atoms with E-state index in [9.17, 15) is 9.18 Å². The number of amides is 1. The van der Waals surface area contributed by atoms with Gasteiger partial charge in [0.05, 0.1) is 5.02 Å². The van der Waals surface area contributed by atoms with Crippen molar-refractivity contribution in [2.24, 2.45) is 5.92 Å². The summed E-state index contributed by atoms with van der Waals surface area (Å²) in [6, 6.07) is 5.58. The fourth-order valence-electron chi connectivity index (χ4n) is 2.03. The first-order chi connectivity index (χ1) is 11.3. The molecule has 0 bridgehead atoms. The van der Waals surface area contributed by atoms with Gasteiger partial charge in [-0.15, -0.1) is 0 Å². The van der Waals surface area contributed by atoms with E-state index in [1.54, 1.807) is 13.0 Å². The van der Waals surface area contributed by atoms with Crippen LogP contribution in [0.5, 0.6) is 0 Å². The minimum atomic E-state index is -0.538. The molecule has 0 aliphatic rings. The lowest BCUT2D eigenvalue weighted by molar-refractivity contribution is 0.102. The predicted molar refractivity (Wildman–Crippen MR) is 94.1 cm³/mol. The molecule has 2 rings (SSSR count). The molecule has 128 valence electrons. The van der Waals surface area contributed by atoms with Crippen LogP contribution in [0.2, 0.25) is 5.02 Å². The van der Waals surface area contributed by atoms with Gasteiger partial charge in [-0.25, -0.2) is 14.4 Å². The molecule has 2 N–H and O–H groups in total. The molecule has 0 fully saturated rings. The first kappa shape index (κ1) is 18.1. The molecule has 1 aromatic carbocycles. The Hall–Kier alpha value is -2.21. The van der Waals surface area contributed by atoms with Crippen LogP contribution in [0.1, 0.15) is 36.6 Å². The summed E-state index contributed by atoms with van der Waals surface area (Å²) in [6.07, 6.45) is 0.999. The van der Waals surface area contributed by atoms with Crippen LogP contribution in [-0.4, -0.2) is 22.4 Å². The summed E-state index contributed by atoms with van der Waals surface area (Å²) in [5, 5.41) is 5.78. The normalized spacial score (nSPS) is 10.8. The highest BCUT2D eigenvalue weighted by atomic mass is 35.5. The van der Waals surface area contributed by atoms with Gasteiger partial charge in [-0.1, -0.05) is 25.4 Å². The van der Waals surface area contributed by atoms with Gasteiger partial charge in [0, 0.05) is 18.3 Å². The molecule has 0 saturated heterocycles. The van der Waals surface area contributed by atoms with Crippen LogP contribution in [0, 0.1) is 18.7 Å².